The molecule has 0 aliphatic heterocycles. The molecule has 2 heterocycles. The maximum atomic E-state index is 13.2. The van der Waals surface area contributed by atoms with Gasteiger partial charge in [0, 0.05) is 11.6 Å². The van der Waals surface area contributed by atoms with Gasteiger partial charge < -0.3 is 4.98 Å². The van der Waals surface area contributed by atoms with E-state index >= 15 is 0 Å². The van der Waals surface area contributed by atoms with Gasteiger partial charge in [0.25, 0.3) is 5.69 Å². The normalized spacial score (nSPS) is 10.9. The lowest BCUT2D eigenvalue weighted by Crippen LogP contribution is -1.88. The van der Waals surface area contributed by atoms with Gasteiger partial charge in [-0.25, -0.2) is 18.7 Å². The number of pyridine rings is 1. The number of H-pyrrole nitrogens is 1. The van der Waals surface area contributed by atoms with E-state index in [1.165, 1.54) is 12.1 Å². The molecule has 0 aliphatic rings. The Balaban J connectivity index is 2.12. The van der Waals surface area contributed by atoms with E-state index in [4.69, 9.17) is 0 Å². The van der Waals surface area contributed by atoms with Gasteiger partial charge in [0.05, 0.1) is 10.4 Å². The minimum absolute atomic E-state index is 0.182. The molecule has 0 fully saturated rings. The highest BCUT2D eigenvalue weighted by atomic mass is 19.2. The third-order valence-corrected chi connectivity index (χ3v) is 2.73. The number of aromatic amines is 1. The lowest BCUT2D eigenvalue weighted by molar-refractivity contribution is -0.385. The Morgan fingerprint density at radius 1 is 1.20 bits per heavy atom. The highest BCUT2D eigenvalue weighted by molar-refractivity contribution is 5.77. The van der Waals surface area contributed by atoms with Gasteiger partial charge in [0.15, 0.2) is 17.3 Å². The van der Waals surface area contributed by atoms with E-state index in [0.29, 0.717) is 11.1 Å². The lowest BCUT2D eigenvalue weighted by Gasteiger charge is -1.97. The second kappa shape index (κ2) is 4.34. The lowest BCUT2D eigenvalue weighted by atomic mass is 10.2. The third kappa shape index (κ3) is 1.96. The number of hydrogen-bond donors (Lipinski definition) is 1. The van der Waals surface area contributed by atoms with Crippen LogP contribution in [0.15, 0.2) is 30.5 Å². The SMILES string of the molecule is O=[N+]([O-])c1cnc2nc(-c3ccc(F)c(F)c3)[nH]c2c1. The number of nitrogens with zero attached hydrogens (tertiary/aromatic N) is 3. The first-order chi connectivity index (χ1) is 9.54. The predicted molar refractivity (Wildman–Crippen MR) is 65.9 cm³/mol. The molecular formula is C12H6F2N4O2. The summed E-state index contributed by atoms with van der Waals surface area (Å²) < 4.78 is 26.0. The molecule has 20 heavy (non-hydrogen) atoms. The Kier molecular flexibility index (Phi) is 2.63. The molecule has 8 heteroatoms. The molecule has 0 aliphatic carbocycles. The number of fused-ring (bicyclic) bond motifs is 1. The fraction of sp³-hybridized carbons (Fsp3) is 0. The maximum Gasteiger partial charge on any atom is 0.289 e. The first-order valence-electron chi connectivity index (χ1n) is 5.50. The summed E-state index contributed by atoms with van der Waals surface area (Å²) in [5.41, 5.74) is 0.747. The van der Waals surface area contributed by atoms with Crippen LogP contribution in [-0.2, 0) is 0 Å². The van der Waals surface area contributed by atoms with Crippen molar-refractivity contribution in [2.75, 3.05) is 0 Å². The smallest absolute Gasteiger partial charge is 0.289 e. The predicted octanol–water partition coefficient (Wildman–Crippen LogP) is 2.81. The highest BCUT2D eigenvalue weighted by Crippen LogP contribution is 2.23. The van der Waals surface area contributed by atoms with Crippen LogP contribution in [-0.4, -0.2) is 19.9 Å². The highest BCUT2D eigenvalue weighted by Gasteiger charge is 2.13. The van der Waals surface area contributed by atoms with Crippen molar-refractivity contribution in [2.24, 2.45) is 0 Å². The Morgan fingerprint density at radius 2 is 2.00 bits per heavy atom. The van der Waals surface area contributed by atoms with Crippen molar-refractivity contribution in [3.05, 3.63) is 52.2 Å². The molecule has 0 amide bonds. The van der Waals surface area contributed by atoms with E-state index in [2.05, 4.69) is 15.0 Å². The van der Waals surface area contributed by atoms with E-state index in [1.54, 1.807) is 0 Å². The maximum absolute atomic E-state index is 13.2. The summed E-state index contributed by atoms with van der Waals surface area (Å²) in [4.78, 5) is 20.8. The number of benzene rings is 1. The Hall–Kier alpha value is -2.90. The molecule has 3 rings (SSSR count). The van der Waals surface area contributed by atoms with Crippen LogP contribution in [0, 0.1) is 21.7 Å². The molecule has 0 unspecified atom stereocenters. The summed E-state index contributed by atoms with van der Waals surface area (Å²) in [5, 5.41) is 10.6. The van der Waals surface area contributed by atoms with Crippen molar-refractivity contribution in [3.8, 4) is 11.4 Å². The van der Waals surface area contributed by atoms with Crippen LogP contribution in [0.2, 0.25) is 0 Å². The average Bonchev–Trinajstić information content (AvgIpc) is 2.84. The van der Waals surface area contributed by atoms with Crippen LogP contribution in [0.5, 0.6) is 0 Å². The molecule has 3 aromatic rings. The topological polar surface area (TPSA) is 84.7 Å². The molecule has 1 N–H and O–H groups in total. The van der Waals surface area contributed by atoms with Crippen molar-refractivity contribution >= 4 is 16.9 Å². The van der Waals surface area contributed by atoms with Crippen LogP contribution in [0.4, 0.5) is 14.5 Å². The van der Waals surface area contributed by atoms with Gasteiger partial charge in [-0.2, -0.15) is 0 Å². The largest absolute Gasteiger partial charge is 0.336 e. The number of imidazole rings is 1. The molecule has 0 spiro atoms. The van der Waals surface area contributed by atoms with E-state index in [-0.39, 0.29) is 17.2 Å². The summed E-state index contributed by atoms with van der Waals surface area (Å²) in [5.74, 6) is -1.70. The van der Waals surface area contributed by atoms with Crippen LogP contribution in [0.1, 0.15) is 0 Å². The molecular weight excluding hydrogens is 270 g/mol. The molecule has 0 bridgehead atoms. The fourth-order valence-electron chi connectivity index (χ4n) is 1.77. The van der Waals surface area contributed by atoms with Crippen LogP contribution in [0.25, 0.3) is 22.6 Å². The van der Waals surface area contributed by atoms with Gasteiger partial charge >= 0.3 is 0 Å². The first-order valence-corrected chi connectivity index (χ1v) is 5.50. The van der Waals surface area contributed by atoms with Crippen LogP contribution in [0.3, 0.4) is 0 Å². The van der Waals surface area contributed by atoms with Gasteiger partial charge in [0.2, 0.25) is 0 Å². The van der Waals surface area contributed by atoms with E-state index in [1.807, 2.05) is 0 Å². The number of nitro groups is 1. The number of aromatic nitrogens is 3. The fourth-order valence-corrected chi connectivity index (χ4v) is 1.77. The van der Waals surface area contributed by atoms with Crippen molar-refractivity contribution < 1.29 is 13.7 Å². The number of halogens is 2. The Morgan fingerprint density at radius 3 is 2.70 bits per heavy atom. The minimum Gasteiger partial charge on any atom is -0.336 e. The second-order valence-electron chi connectivity index (χ2n) is 4.04. The standard InChI is InChI=1S/C12H6F2N4O2/c13-8-2-1-6(3-9(8)14)11-16-10-4-7(18(19)20)5-15-12(10)17-11/h1-5H,(H,15,16,17). The number of hydrogen-bond acceptors (Lipinski definition) is 4. The Labute approximate surface area is 110 Å². The average molecular weight is 276 g/mol. The van der Waals surface area contributed by atoms with Crippen molar-refractivity contribution in [1.82, 2.24) is 15.0 Å². The molecule has 1 aromatic carbocycles. The summed E-state index contributed by atoms with van der Waals surface area (Å²) in [7, 11) is 0. The number of nitrogens with one attached hydrogen (secondary N) is 1. The summed E-state index contributed by atoms with van der Waals surface area (Å²) in [6, 6.07) is 4.60. The van der Waals surface area contributed by atoms with Gasteiger partial charge in [-0.15, -0.1) is 0 Å². The summed E-state index contributed by atoms with van der Waals surface area (Å²) in [6.45, 7) is 0. The van der Waals surface area contributed by atoms with Gasteiger partial charge in [-0.05, 0) is 18.2 Å². The quantitative estimate of drug-likeness (QED) is 0.576. The van der Waals surface area contributed by atoms with Crippen LogP contribution < -0.4 is 0 Å². The summed E-state index contributed by atoms with van der Waals surface area (Å²) in [6.07, 6.45) is 1.08. The second-order valence-corrected chi connectivity index (χ2v) is 4.04. The van der Waals surface area contributed by atoms with Gasteiger partial charge in [-0.3, -0.25) is 10.1 Å². The van der Waals surface area contributed by atoms with Gasteiger partial charge in [-0.1, -0.05) is 0 Å². The number of rotatable bonds is 2. The van der Waals surface area contributed by atoms with Crippen molar-refractivity contribution in [1.29, 1.82) is 0 Å². The van der Waals surface area contributed by atoms with E-state index < -0.39 is 16.6 Å². The molecule has 0 radical (unpaired) electrons. The van der Waals surface area contributed by atoms with Crippen LogP contribution >= 0.6 is 0 Å². The van der Waals surface area contributed by atoms with Gasteiger partial charge in [0.1, 0.15) is 12.0 Å². The Bertz CT molecular complexity index is 831. The third-order valence-electron chi connectivity index (χ3n) is 2.73. The molecule has 0 atom stereocenters. The monoisotopic (exact) mass is 276 g/mol. The molecule has 100 valence electrons. The van der Waals surface area contributed by atoms with E-state index in [0.717, 1.165) is 18.3 Å². The van der Waals surface area contributed by atoms with Crippen molar-refractivity contribution in [2.45, 2.75) is 0 Å². The zero-order chi connectivity index (χ0) is 14.3. The molecule has 0 saturated heterocycles. The van der Waals surface area contributed by atoms with E-state index in [9.17, 15) is 18.9 Å². The molecule has 0 saturated carbocycles. The summed E-state index contributed by atoms with van der Waals surface area (Å²) >= 11 is 0. The zero-order valence-corrected chi connectivity index (χ0v) is 9.80. The first kappa shape index (κ1) is 12.2. The zero-order valence-electron chi connectivity index (χ0n) is 9.80. The van der Waals surface area contributed by atoms with Crippen molar-refractivity contribution in [3.63, 3.8) is 0 Å². The molecule has 2 aromatic heterocycles. The minimum atomic E-state index is -0.998. The molecule has 6 nitrogen and oxygen atoms in total.